The Morgan fingerprint density at radius 2 is 2.46 bits per heavy atom. The van der Waals surface area contributed by atoms with E-state index >= 15 is 0 Å². The Morgan fingerprint density at radius 3 is 3.00 bits per heavy atom. The third kappa shape index (κ3) is 1.71. The standard InChI is InChI=1S/C8H13N3O2/c1-5-10-8(13-11-5)7-3-6(12-2)4-9-7/h6-7,9H,3-4H2,1-2H3. The molecule has 1 saturated heterocycles. The number of hydrogen-bond acceptors (Lipinski definition) is 5. The molecule has 0 aliphatic carbocycles. The summed E-state index contributed by atoms with van der Waals surface area (Å²) in [5, 5.41) is 7.01. The molecule has 5 heteroatoms. The highest BCUT2D eigenvalue weighted by Gasteiger charge is 2.28. The van der Waals surface area contributed by atoms with E-state index in [1.54, 1.807) is 7.11 Å². The van der Waals surface area contributed by atoms with Crippen LogP contribution in [0.2, 0.25) is 0 Å². The predicted molar refractivity (Wildman–Crippen MR) is 45.2 cm³/mol. The first-order valence-corrected chi connectivity index (χ1v) is 4.36. The summed E-state index contributed by atoms with van der Waals surface area (Å²) in [4.78, 5) is 4.17. The molecule has 0 aromatic carbocycles. The summed E-state index contributed by atoms with van der Waals surface area (Å²) in [6, 6.07) is 0.158. The number of methoxy groups -OCH3 is 1. The molecule has 0 saturated carbocycles. The van der Waals surface area contributed by atoms with Crippen molar-refractivity contribution in [3.05, 3.63) is 11.7 Å². The second-order valence-electron chi connectivity index (χ2n) is 3.23. The van der Waals surface area contributed by atoms with Gasteiger partial charge in [-0.1, -0.05) is 5.16 Å². The lowest BCUT2D eigenvalue weighted by Gasteiger charge is -2.03. The van der Waals surface area contributed by atoms with Gasteiger partial charge in [-0.3, -0.25) is 0 Å². The highest BCUT2D eigenvalue weighted by Crippen LogP contribution is 2.22. The summed E-state index contributed by atoms with van der Waals surface area (Å²) in [7, 11) is 1.72. The van der Waals surface area contributed by atoms with Crippen LogP contribution in [0.5, 0.6) is 0 Å². The quantitative estimate of drug-likeness (QED) is 0.720. The maximum atomic E-state index is 5.22. The van der Waals surface area contributed by atoms with Crippen molar-refractivity contribution in [3.63, 3.8) is 0 Å². The lowest BCUT2D eigenvalue weighted by molar-refractivity contribution is 0.116. The Morgan fingerprint density at radius 1 is 1.62 bits per heavy atom. The van der Waals surface area contributed by atoms with E-state index in [-0.39, 0.29) is 12.1 Å². The summed E-state index contributed by atoms with van der Waals surface area (Å²) < 4.78 is 10.3. The molecule has 2 unspecified atom stereocenters. The van der Waals surface area contributed by atoms with Crippen LogP contribution >= 0.6 is 0 Å². The van der Waals surface area contributed by atoms with Gasteiger partial charge in [0.2, 0.25) is 5.89 Å². The Kier molecular flexibility index (Phi) is 2.28. The fourth-order valence-electron chi connectivity index (χ4n) is 1.53. The fraction of sp³-hybridized carbons (Fsp3) is 0.750. The fourth-order valence-corrected chi connectivity index (χ4v) is 1.53. The number of hydrogen-bond donors (Lipinski definition) is 1. The molecule has 1 fully saturated rings. The van der Waals surface area contributed by atoms with E-state index in [4.69, 9.17) is 9.26 Å². The first-order valence-electron chi connectivity index (χ1n) is 4.36. The molecule has 1 aromatic rings. The van der Waals surface area contributed by atoms with Gasteiger partial charge in [0.1, 0.15) is 0 Å². The molecule has 1 aromatic heterocycles. The smallest absolute Gasteiger partial charge is 0.243 e. The van der Waals surface area contributed by atoms with Crippen molar-refractivity contribution < 1.29 is 9.26 Å². The van der Waals surface area contributed by atoms with Gasteiger partial charge < -0.3 is 14.6 Å². The Labute approximate surface area is 76.5 Å². The molecule has 13 heavy (non-hydrogen) atoms. The van der Waals surface area contributed by atoms with E-state index in [1.165, 1.54) is 0 Å². The van der Waals surface area contributed by atoms with Gasteiger partial charge in [0.25, 0.3) is 0 Å². The first-order chi connectivity index (χ1) is 6.29. The van der Waals surface area contributed by atoms with Gasteiger partial charge in [-0.15, -0.1) is 0 Å². The average molecular weight is 183 g/mol. The van der Waals surface area contributed by atoms with Crippen molar-refractivity contribution in [2.75, 3.05) is 13.7 Å². The van der Waals surface area contributed by atoms with Crippen molar-refractivity contribution in [2.45, 2.75) is 25.5 Å². The third-order valence-corrected chi connectivity index (χ3v) is 2.27. The zero-order valence-electron chi connectivity index (χ0n) is 7.78. The van der Waals surface area contributed by atoms with Crippen LogP contribution in [0.1, 0.15) is 24.2 Å². The molecule has 0 radical (unpaired) electrons. The molecule has 0 spiro atoms. The van der Waals surface area contributed by atoms with E-state index in [0.717, 1.165) is 13.0 Å². The van der Waals surface area contributed by atoms with Crippen molar-refractivity contribution in [2.24, 2.45) is 0 Å². The van der Waals surface area contributed by atoms with E-state index in [1.807, 2.05) is 6.92 Å². The van der Waals surface area contributed by atoms with Gasteiger partial charge in [-0.2, -0.15) is 4.98 Å². The molecular weight excluding hydrogens is 170 g/mol. The zero-order valence-corrected chi connectivity index (χ0v) is 7.78. The molecular formula is C8H13N3O2. The van der Waals surface area contributed by atoms with Crippen LogP contribution in [0.15, 0.2) is 4.52 Å². The lowest BCUT2D eigenvalue weighted by Crippen LogP contribution is -2.16. The number of aromatic nitrogens is 2. The average Bonchev–Trinajstić information content (AvgIpc) is 2.71. The summed E-state index contributed by atoms with van der Waals surface area (Å²) in [5.74, 6) is 1.34. The van der Waals surface area contributed by atoms with Gasteiger partial charge in [0, 0.05) is 13.7 Å². The molecule has 5 nitrogen and oxygen atoms in total. The SMILES string of the molecule is COC1CNC(c2nc(C)no2)C1. The van der Waals surface area contributed by atoms with Gasteiger partial charge >= 0.3 is 0 Å². The van der Waals surface area contributed by atoms with Crippen LogP contribution < -0.4 is 5.32 Å². The second-order valence-corrected chi connectivity index (χ2v) is 3.23. The van der Waals surface area contributed by atoms with E-state index in [2.05, 4.69) is 15.5 Å². The maximum Gasteiger partial charge on any atom is 0.243 e. The second kappa shape index (κ2) is 3.43. The molecule has 72 valence electrons. The summed E-state index contributed by atoms with van der Waals surface area (Å²) in [6.45, 7) is 2.67. The Bertz CT molecular complexity index is 287. The van der Waals surface area contributed by atoms with Crippen LogP contribution in [0.25, 0.3) is 0 Å². The lowest BCUT2D eigenvalue weighted by atomic mass is 10.2. The normalized spacial score (nSPS) is 28.2. The first kappa shape index (κ1) is 8.65. The highest BCUT2D eigenvalue weighted by atomic mass is 16.5. The van der Waals surface area contributed by atoms with Crippen molar-refractivity contribution >= 4 is 0 Å². The maximum absolute atomic E-state index is 5.22. The van der Waals surface area contributed by atoms with Gasteiger partial charge in [-0.05, 0) is 13.3 Å². The van der Waals surface area contributed by atoms with Crippen LogP contribution in [0, 0.1) is 6.92 Å². The molecule has 2 heterocycles. The van der Waals surface area contributed by atoms with Crippen molar-refractivity contribution in [1.82, 2.24) is 15.5 Å². The number of nitrogens with one attached hydrogen (secondary N) is 1. The number of rotatable bonds is 2. The van der Waals surface area contributed by atoms with Crippen LogP contribution in [0.4, 0.5) is 0 Å². The van der Waals surface area contributed by atoms with Crippen molar-refractivity contribution in [3.8, 4) is 0 Å². The minimum atomic E-state index is 0.158. The van der Waals surface area contributed by atoms with Gasteiger partial charge in [0.15, 0.2) is 5.82 Å². The van der Waals surface area contributed by atoms with Crippen molar-refractivity contribution in [1.29, 1.82) is 0 Å². The van der Waals surface area contributed by atoms with Gasteiger partial charge in [0.05, 0.1) is 12.1 Å². The highest BCUT2D eigenvalue weighted by molar-refractivity contribution is 4.96. The predicted octanol–water partition coefficient (Wildman–Crippen LogP) is 0.427. The minimum absolute atomic E-state index is 0.158. The third-order valence-electron chi connectivity index (χ3n) is 2.27. The molecule has 1 N–H and O–H groups in total. The van der Waals surface area contributed by atoms with Crippen LogP contribution in [0.3, 0.4) is 0 Å². The number of nitrogens with zero attached hydrogens (tertiary/aromatic N) is 2. The monoisotopic (exact) mass is 183 g/mol. The summed E-state index contributed by atoms with van der Waals surface area (Å²) in [5.41, 5.74) is 0. The Balaban J connectivity index is 2.03. The number of aryl methyl sites for hydroxylation is 1. The molecule has 1 aliphatic rings. The molecule has 2 rings (SSSR count). The zero-order chi connectivity index (χ0) is 9.26. The molecule has 0 bridgehead atoms. The number of ether oxygens (including phenoxy) is 1. The largest absolute Gasteiger partial charge is 0.380 e. The van der Waals surface area contributed by atoms with E-state index < -0.39 is 0 Å². The molecule has 0 amide bonds. The topological polar surface area (TPSA) is 60.2 Å². The van der Waals surface area contributed by atoms with Crippen LogP contribution in [-0.4, -0.2) is 29.9 Å². The summed E-state index contributed by atoms with van der Waals surface area (Å²) in [6.07, 6.45) is 1.16. The molecule has 1 aliphatic heterocycles. The minimum Gasteiger partial charge on any atom is -0.380 e. The Hall–Kier alpha value is -0.940. The molecule has 2 atom stereocenters. The van der Waals surface area contributed by atoms with E-state index in [0.29, 0.717) is 11.7 Å². The van der Waals surface area contributed by atoms with Crippen LogP contribution in [-0.2, 0) is 4.74 Å². The van der Waals surface area contributed by atoms with Gasteiger partial charge in [-0.25, -0.2) is 0 Å². The summed E-state index contributed by atoms with van der Waals surface area (Å²) >= 11 is 0. The van der Waals surface area contributed by atoms with E-state index in [9.17, 15) is 0 Å².